The highest BCUT2D eigenvalue weighted by Crippen LogP contribution is 2.53. The molecule has 0 spiro atoms. The van der Waals surface area contributed by atoms with Gasteiger partial charge in [-0.05, 0) is 48.3 Å². The third-order valence-corrected chi connectivity index (χ3v) is 7.82. The number of nitrogens with zero attached hydrogens (tertiary/aromatic N) is 5. The molecule has 36 heavy (non-hydrogen) atoms. The molecule has 1 saturated carbocycles. The number of likely N-dealkylation sites (tertiary alicyclic amines) is 1. The summed E-state index contributed by atoms with van der Waals surface area (Å²) in [4.78, 5) is 19.7. The third-order valence-electron chi connectivity index (χ3n) is 7.82. The summed E-state index contributed by atoms with van der Waals surface area (Å²) in [6, 6.07) is 19.4. The van der Waals surface area contributed by atoms with E-state index in [1.165, 1.54) is 12.8 Å². The Labute approximate surface area is 210 Å². The van der Waals surface area contributed by atoms with Gasteiger partial charge in [-0.3, -0.25) is 14.3 Å². The Morgan fingerprint density at radius 3 is 2.69 bits per heavy atom. The Bertz CT molecular complexity index is 1520. The molecule has 0 radical (unpaired) electrons. The first-order valence-corrected chi connectivity index (χ1v) is 12.6. The van der Waals surface area contributed by atoms with Gasteiger partial charge in [-0.1, -0.05) is 63.2 Å². The number of azo groups is 1. The summed E-state index contributed by atoms with van der Waals surface area (Å²) in [6.07, 6.45) is 3.56. The number of aromatic hydroxyl groups is 1. The number of benzene rings is 2. The Kier molecular flexibility index (Phi) is 5.23. The van der Waals surface area contributed by atoms with Crippen molar-refractivity contribution in [2.75, 3.05) is 6.54 Å². The molecule has 3 heterocycles. The molecule has 1 aliphatic carbocycles. The van der Waals surface area contributed by atoms with Crippen LogP contribution in [0.3, 0.4) is 0 Å². The molecule has 184 valence electrons. The van der Waals surface area contributed by atoms with Crippen molar-refractivity contribution in [1.82, 2.24) is 14.5 Å². The summed E-state index contributed by atoms with van der Waals surface area (Å²) in [5.41, 5.74) is 2.77. The molecule has 0 unspecified atom stereocenters. The number of carbonyl (C=O) groups excluding carboxylic acids is 1. The number of carbonyl (C=O) groups is 1. The van der Waals surface area contributed by atoms with Crippen molar-refractivity contribution in [1.29, 1.82) is 0 Å². The predicted octanol–water partition coefficient (Wildman–Crippen LogP) is 6.68. The van der Waals surface area contributed by atoms with E-state index in [0.29, 0.717) is 29.2 Å². The Morgan fingerprint density at radius 1 is 1.06 bits per heavy atom. The molecule has 6 rings (SSSR count). The molecular formula is C29H31N5O2. The van der Waals surface area contributed by atoms with Crippen molar-refractivity contribution in [3.8, 4) is 5.88 Å². The Balaban J connectivity index is 1.31. The molecule has 2 aliphatic rings. The SMILES string of the molecule is CC1(C)C[C@H]2C[C@@](C)(CN2Cn2c(O)c(N=NC(=O)c3ccc4ccccc4n3)c3ccccc32)C1. The average molecular weight is 482 g/mol. The molecule has 2 atom stereocenters. The molecule has 2 bridgehead atoms. The van der Waals surface area contributed by atoms with E-state index in [1.807, 2.05) is 59.2 Å². The number of rotatable bonds is 4. The maximum absolute atomic E-state index is 12.8. The normalized spacial score (nSPS) is 23.7. The van der Waals surface area contributed by atoms with E-state index < -0.39 is 5.91 Å². The summed E-state index contributed by atoms with van der Waals surface area (Å²) in [5, 5.41) is 21.2. The van der Waals surface area contributed by atoms with E-state index in [-0.39, 0.29) is 11.6 Å². The lowest BCUT2D eigenvalue weighted by molar-refractivity contribution is 0.0990. The largest absolute Gasteiger partial charge is 0.493 e. The molecule has 1 amide bonds. The monoisotopic (exact) mass is 481 g/mol. The highest BCUT2D eigenvalue weighted by atomic mass is 16.3. The van der Waals surface area contributed by atoms with Gasteiger partial charge in [-0.25, -0.2) is 4.98 Å². The summed E-state index contributed by atoms with van der Waals surface area (Å²) < 4.78 is 1.90. The van der Waals surface area contributed by atoms with E-state index in [9.17, 15) is 9.90 Å². The number of para-hydroxylation sites is 2. The first kappa shape index (κ1) is 22.9. The molecule has 7 nitrogen and oxygen atoms in total. The maximum atomic E-state index is 12.8. The quantitative estimate of drug-likeness (QED) is 0.330. The van der Waals surface area contributed by atoms with Crippen LogP contribution in [-0.4, -0.2) is 38.1 Å². The third kappa shape index (κ3) is 3.97. The second-order valence-corrected chi connectivity index (χ2v) is 11.6. The number of fused-ring (bicyclic) bond motifs is 4. The second kappa shape index (κ2) is 8.23. The summed E-state index contributed by atoms with van der Waals surface area (Å²) >= 11 is 0. The van der Waals surface area contributed by atoms with Gasteiger partial charge in [0.05, 0.1) is 17.7 Å². The van der Waals surface area contributed by atoms with Gasteiger partial charge in [0, 0.05) is 23.4 Å². The molecule has 4 aromatic rings. The molecule has 1 saturated heterocycles. The lowest BCUT2D eigenvalue weighted by Crippen LogP contribution is -2.35. The summed E-state index contributed by atoms with van der Waals surface area (Å²) in [6.45, 7) is 8.71. The number of hydrogen-bond donors (Lipinski definition) is 1. The zero-order chi connectivity index (χ0) is 25.1. The number of aromatic nitrogens is 2. The van der Waals surface area contributed by atoms with E-state index >= 15 is 0 Å². The molecule has 1 N–H and O–H groups in total. The van der Waals surface area contributed by atoms with Crippen molar-refractivity contribution in [2.24, 2.45) is 21.1 Å². The van der Waals surface area contributed by atoms with Crippen LogP contribution < -0.4 is 0 Å². The van der Waals surface area contributed by atoms with E-state index in [4.69, 9.17) is 0 Å². The fourth-order valence-electron chi connectivity index (χ4n) is 6.77. The van der Waals surface area contributed by atoms with E-state index in [1.54, 1.807) is 6.07 Å². The van der Waals surface area contributed by atoms with Crippen LogP contribution in [0.25, 0.3) is 21.8 Å². The molecule has 7 heteroatoms. The van der Waals surface area contributed by atoms with Gasteiger partial charge in [-0.2, -0.15) is 0 Å². The Hall–Kier alpha value is -3.58. The van der Waals surface area contributed by atoms with Crippen molar-refractivity contribution < 1.29 is 9.90 Å². The standard InChI is InChI=1S/C29H31N5O2/c1-28(2)14-20-15-29(3,16-28)17-33(20)18-34-24-11-7-5-9-21(24)25(27(34)36)31-32-26(35)23-13-12-19-8-4-6-10-22(19)30-23/h4-13,20,36H,14-18H2,1-3H3/t20-,29+/m0/s1. The highest BCUT2D eigenvalue weighted by molar-refractivity contribution is 5.97. The fraction of sp³-hybridized carbons (Fsp3) is 0.379. The van der Waals surface area contributed by atoms with Gasteiger partial charge in [-0.15, -0.1) is 10.2 Å². The van der Waals surface area contributed by atoms with E-state index in [2.05, 4.69) is 40.9 Å². The molecule has 2 aromatic carbocycles. The van der Waals surface area contributed by atoms with Crippen molar-refractivity contribution in [3.63, 3.8) is 0 Å². The second-order valence-electron chi connectivity index (χ2n) is 11.6. The van der Waals surface area contributed by atoms with Crippen molar-refractivity contribution in [3.05, 3.63) is 66.4 Å². The minimum atomic E-state index is -0.541. The number of pyridine rings is 1. The van der Waals surface area contributed by atoms with Gasteiger partial charge in [0.1, 0.15) is 5.69 Å². The lowest BCUT2D eigenvalue weighted by atomic mass is 9.65. The zero-order valence-corrected chi connectivity index (χ0v) is 21.0. The van der Waals surface area contributed by atoms with Crippen LogP contribution in [0, 0.1) is 10.8 Å². The van der Waals surface area contributed by atoms with E-state index in [0.717, 1.165) is 34.8 Å². The topological polar surface area (TPSA) is 83.1 Å². The van der Waals surface area contributed by atoms with Gasteiger partial charge < -0.3 is 5.11 Å². The predicted molar refractivity (Wildman–Crippen MR) is 140 cm³/mol. The maximum Gasteiger partial charge on any atom is 0.313 e. The van der Waals surface area contributed by atoms with Crippen LogP contribution in [0.15, 0.2) is 70.9 Å². The van der Waals surface area contributed by atoms with Crippen LogP contribution in [0.1, 0.15) is 50.5 Å². The van der Waals surface area contributed by atoms with Crippen LogP contribution in [-0.2, 0) is 6.67 Å². The van der Waals surface area contributed by atoms with Gasteiger partial charge >= 0.3 is 5.91 Å². The minimum absolute atomic E-state index is 0.0325. The molecule has 1 aliphatic heterocycles. The average Bonchev–Trinajstić information content (AvgIpc) is 3.25. The van der Waals surface area contributed by atoms with Gasteiger partial charge in [0.2, 0.25) is 5.88 Å². The Morgan fingerprint density at radius 2 is 1.83 bits per heavy atom. The van der Waals surface area contributed by atoms with Crippen LogP contribution >= 0.6 is 0 Å². The van der Waals surface area contributed by atoms with Gasteiger partial charge in [0.25, 0.3) is 0 Å². The first-order valence-electron chi connectivity index (χ1n) is 12.6. The minimum Gasteiger partial charge on any atom is -0.493 e. The van der Waals surface area contributed by atoms with Crippen molar-refractivity contribution >= 4 is 33.4 Å². The first-order chi connectivity index (χ1) is 17.2. The fourth-order valence-corrected chi connectivity index (χ4v) is 6.77. The number of amides is 1. The molecule has 2 fully saturated rings. The smallest absolute Gasteiger partial charge is 0.313 e. The molecule has 2 aromatic heterocycles. The van der Waals surface area contributed by atoms with Crippen LogP contribution in [0.5, 0.6) is 5.88 Å². The zero-order valence-electron chi connectivity index (χ0n) is 21.0. The van der Waals surface area contributed by atoms with Crippen molar-refractivity contribution in [2.45, 2.75) is 52.7 Å². The highest BCUT2D eigenvalue weighted by Gasteiger charge is 2.49. The van der Waals surface area contributed by atoms with Crippen LogP contribution in [0.4, 0.5) is 5.69 Å². The summed E-state index contributed by atoms with van der Waals surface area (Å²) in [7, 11) is 0. The van der Waals surface area contributed by atoms with Gasteiger partial charge in [0.15, 0.2) is 5.69 Å². The van der Waals surface area contributed by atoms with Crippen LogP contribution in [0.2, 0.25) is 0 Å². The number of hydrogen-bond acceptors (Lipinski definition) is 5. The summed E-state index contributed by atoms with van der Waals surface area (Å²) in [5.74, 6) is -0.509. The molecular weight excluding hydrogens is 450 g/mol. The lowest BCUT2D eigenvalue weighted by Gasteiger charge is -2.40.